The van der Waals surface area contributed by atoms with Crippen molar-refractivity contribution in [2.75, 3.05) is 13.1 Å². The first kappa shape index (κ1) is 9.61. The number of aryl methyl sites for hydroxylation is 1. The van der Waals surface area contributed by atoms with E-state index in [0.29, 0.717) is 5.69 Å². The molecule has 2 rings (SSSR count). The Balaban J connectivity index is 1.95. The van der Waals surface area contributed by atoms with Gasteiger partial charge in [0.1, 0.15) is 6.10 Å². The van der Waals surface area contributed by atoms with Crippen LogP contribution in [0.2, 0.25) is 0 Å². The molecular weight excluding hydrogens is 200 g/mol. The average molecular weight is 212 g/mol. The minimum atomic E-state index is -0.303. The van der Waals surface area contributed by atoms with Crippen molar-refractivity contribution in [1.82, 2.24) is 10.3 Å². The second-order valence-corrected chi connectivity index (χ2v) is 4.33. The van der Waals surface area contributed by atoms with Gasteiger partial charge in [-0.25, -0.2) is 9.78 Å². The Kier molecular flexibility index (Phi) is 2.79. The van der Waals surface area contributed by atoms with E-state index in [9.17, 15) is 4.79 Å². The largest absolute Gasteiger partial charge is 0.456 e. The van der Waals surface area contributed by atoms with Crippen LogP contribution >= 0.6 is 11.3 Å². The summed E-state index contributed by atoms with van der Waals surface area (Å²) in [5.74, 6) is -0.303. The standard InChI is InChI=1S/C9H12N2O2S/c1-6-11-8(5-14-6)9(12)13-7-2-3-10-4-7/h5,7,10H,2-4H2,1H3. The molecule has 4 nitrogen and oxygen atoms in total. The van der Waals surface area contributed by atoms with Crippen LogP contribution in [0.1, 0.15) is 21.9 Å². The van der Waals surface area contributed by atoms with Gasteiger partial charge < -0.3 is 10.1 Å². The number of ether oxygens (including phenoxy) is 1. The van der Waals surface area contributed by atoms with Crippen molar-refractivity contribution in [2.45, 2.75) is 19.4 Å². The maximum absolute atomic E-state index is 11.5. The highest BCUT2D eigenvalue weighted by atomic mass is 32.1. The minimum Gasteiger partial charge on any atom is -0.456 e. The normalized spacial score (nSPS) is 21.1. The summed E-state index contributed by atoms with van der Waals surface area (Å²) in [4.78, 5) is 15.6. The number of nitrogens with one attached hydrogen (secondary N) is 1. The van der Waals surface area contributed by atoms with Crippen molar-refractivity contribution >= 4 is 17.3 Å². The van der Waals surface area contributed by atoms with Crippen molar-refractivity contribution in [3.8, 4) is 0 Å². The molecular formula is C9H12N2O2S. The molecule has 14 heavy (non-hydrogen) atoms. The molecule has 0 aliphatic carbocycles. The summed E-state index contributed by atoms with van der Waals surface area (Å²) in [5, 5.41) is 5.77. The van der Waals surface area contributed by atoms with Gasteiger partial charge in [-0.15, -0.1) is 11.3 Å². The molecule has 1 saturated heterocycles. The number of hydrogen-bond acceptors (Lipinski definition) is 5. The molecule has 1 N–H and O–H groups in total. The first-order chi connectivity index (χ1) is 6.75. The highest BCUT2D eigenvalue weighted by Gasteiger charge is 2.20. The van der Waals surface area contributed by atoms with E-state index in [2.05, 4.69) is 10.3 Å². The molecule has 1 aliphatic heterocycles. The van der Waals surface area contributed by atoms with Crippen molar-refractivity contribution in [3.05, 3.63) is 16.1 Å². The van der Waals surface area contributed by atoms with Crippen LogP contribution in [0.15, 0.2) is 5.38 Å². The van der Waals surface area contributed by atoms with Gasteiger partial charge in [0.15, 0.2) is 5.69 Å². The number of rotatable bonds is 2. The van der Waals surface area contributed by atoms with Crippen molar-refractivity contribution < 1.29 is 9.53 Å². The zero-order chi connectivity index (χ0) is 9.97. The van der Waals surface area contributed by atoms with E-state index in [1.807, 2.05) is 6.92 Å². The number of esters is 1. The molecule has 2 heterocycles. The van der Waals surface area contributed by atoms with Crippen LogP contribution in [-0.2, 0) is 4.74 Å². The highest BCUT2D eigenvalue weighted by molar-refractivity contribution is 7.09. The van der Waals surface area contributed by atoms with Gasteiger partial charge in [-0.3, -0.25) is 0 Å². The highest BCUT2D eigenvalue weighted by Crippen LogP contribution is 2.11. The van der Waals surface area contributed by atoms with E-state index < -0.39 is 0 Å². The summed E-state index contributed by atoms with van der Waals surface area (Å²) in [7, 11) is 0. The van der Waals surface area contributed by atoms with Crippen LogP contribution in [0, 0.1) is 6.92 Å². The number of nitrogens with zero attached hydrogens (tertiary/aromatic N) is 1. The number of thiazole rings is 1. The SMILES string of the molecule is Cc1nc(C(=O)OC2CCNC2)cs1. The maximum atomic E-state index is 11.5. The summed E-state index contributed by atoms with van der Waals surface area (Å²) in [6, 6.07) is 0. The fraction of sp³-hybridized carbons (Fsp3) is 0.556. The molecule has 0 amide bonds. The van der Waals surface area contributed by atoms with E-state index >= 15 is 0 Å². The zero-order valence-corrected chi connectivity index (χ0v) is 8.76. The zero-order valence-electron chi connectivity index (χ0n) is 7.95. The van der Waals surface area contributed by atoms with Crippen molar-refractivity contribution in [1.29, 1.82) is 0 Å². The molecule has 1 aromatic heterocycles. The molecule has 1 unspecified atom stereocenters. The molecule has 1 aromatic rings. The Morgan fingerprint density at radius 3 is 3.21 bits per heavy atom. The Bertz CT molecular complexity index is 331. The monoisotopic (exact) mass is 212 g/mol. The van der Waals surface area contributed by atoms with Gasteiger partial charge >= 0.3 is 5.97 Å². The number of hydrogen-bond donors (Lipinski definition) is 1. The summed E-state index contributed by atoms with van der Waals surface area (Å²) in [6.45, 7) is 3.56. The van der Waals surface area contributed by atoms with Gasteiger partial charge in [0.2, 0.25) is 0 Å². The van der Waals surface area contributed by atoms with Gasteiger partial charge in [0.05, 0.1) is 5.01 Å². The van der Waals surface area contributed by atoms with Crippen LogP contribution in [-0.4, -0.2) is 30.1 Å². The Hall–Kier alpha value is -0.940. The molecule has 76 valence electrons. The van der Waals surface area contributed by atoms with Crippen LogP contribution in [0.3, 0.4) is 0 Å². The van der Waals surface area contributed by atoms with Crippen LogP contribution in [0.25, 0.3) is 0 Å². The fourth-order valence-electron chi connectivity index (χ4n) is 1.40. The fourth-order valence-corrected chi connectivity index (χ4v) is 1.98. The summed E-state index contributed by atoms with van der Waals surface area (Å²) in [6.07, 6.45) is 0.916. The second kappa shape index (κ2) is 4.06. The first-order valence-electron chi connectivity index (χ1n) is 4.59. The Morgan fingerprint density at radius 2 is 2.64 bits per heavy atom. The number of aromatic nitrogens is 1. The van der Waals surface area contributed by atoms with Crippen molar-refractivity contribution in [2.24, 2.45) is 0 Å². The predicted molar refractivity (Wildman–Crippen MR) is 53.5 cm³/mol. The molecule has 0 spiro atoms. The van der Waals surface area contributed by atoms with Gasteiger partial charge in [0.25, 0.3) is 0 Å². The molecule has 0 saturated carbocycles. The lowest BCUT2D eigenvalue weighted by Crippen LogP contribution is -2.21. The van der Waals surface area contributed by atoms with Gasteiger partial charge in [-0.1, -0.05) is 0 Å². The molecule has 0 aromatic carbocycles. The summed E-state index contributed by atoms with van der Waals surface area (Å²) >= 11 is 1.46. The van der Waals surface area contributed by atoms with Crippen molar-refractivity contribution in [3.63, 3.8) is 0 Å². The average Bonchev–Trinajstić information content (AvgIpc) is 2.75. The predicted octanol–water partition coefficient (Wildman–Crippen LogP) is 0.970. The molecule has 5 heteroatoms. The lowest BCUT2D eigenvalue weighted by Gasteiger charge is -2.08. The van der Waals surface area contributed by atoms with E-state index in [0.717, 1.165) is 24.5 Å². The van der Waals surface area contributed by atoms with Crippen LogP contribution in [0.4, 0.5) is 0 Å². The van der Waals surface area contributed by atoms with E-state index in [1.165, 1.54) is 11.3 Å². The van der Waals surface area contributed by atoms with E-state index in [1.54, 1.807) is 5.38 Å². The topological polar surface area (TPSA) is 51.2 Å². The summed E-state index contributed by atoms with van der Waals surface area (Å²) in [5.41, 5.74) is 0.430. The quantitative estimate of drug-likeness (QED) is 0.742. The third-order valence-electron chi connectivity index (χ3n) is 2.12. The van der Waals surface area contributed by atoms with E-state index in [-0.39, 0.29) is 12.1 Å². The van der Waals surface area contributed by atoms with Crippen LogP contribution in [0.5, 0.6) is 0 Å². The van der Waals surface area contributed by atoms with E-state index in [4.69, 9.17) is 4.74 Å². The smallest absolute Gasteiger partial charge is 0.358 e. The minimum absolute atomic E-state index is 0.0181. The van der Waals surface area contributed by atoms with Gasteiger partial charge in [-0.2, -0.15) is 0 Å². The number of carbonyl (C=O) groups is 1. The molecule has 0 bridgehead atoms. The van der Waals surface area contributed by atoms with Gasteiger partial charge in [-0.05, 0) is 19.9 Å². The lowest BCUT2D eigenvalue weighted by molar-refractivity contribution is 0.0338. The molecule has 1 aliphatic rings. The van der Waals surface area contributed by atoms with Crippen LogP contribution < -0.4 is 5.32 Å². The Morgan fingerprint density at radius 1 is 1.79 bits per heavy atom. The third kappa shape index (κ3) is 2.10. The number of carbonyl (C=O) groups excluding carboxylic acids is 1. The van der Waals surface area contributed by atoms with Gasteiger partial charge in [0, 0.05) is 11.9 Å². The third-order valence-corrected chi connectivity index (χ3v) is 2.89. The lowest BCUT2D eigenvalue weighted by atomic mass is 10.3. The first-order valence-corrected chi connectivity index (χ1v) is 5.47. The summed E-state index contributed by atoms with van der Waals surface area (Å²) < 4.78 is 5.25. The molecule has 0 radical (unpaired) electrons. The second-order valence-electron chi connectivity index (χ2n) is 3.27. The molecule has 1 fully saturated rings. The Labute approximate surface area is 86.3 Å². The maximum Gasteiger partial charge on any atom is 0.358 e. The molecule has 1 atom stereocenters.